The molecule has 1 rings (SSSR count). The van der Waals surface area contributed by atoms with E-state index in [1.165, 1.54) is 0 Å². The van der Waals surface area contributed by atoms with Gasteiger partial charge in [-0.05, 0) is 25.9 Å². The van der Waals surface area contributed by atoms with E-state index in [0.717, 1.165) is 26.6 Å². The normalized spacial score (nSPS) is 20.2. The summed E-state index contributed by atoms with van der Waals surface area (Å²) in [6, 6.07) is -1.87. The van der Waals surface area contributed by atoms with Gasteiger partial charge in [0.2, 0.25) is 0 Å². The summed E-state index contributed by atoms with van der Waals surface area (Å²) >= 11 is 0. The molecule has 0 radical (unpaired) electrons. The Morgan fingerprint density at radius 3 is 2.65 bits per heavy atom. The van der Waals surface area contributed by atoms with Crippen LogP contribution in [-0.2, 0) is 14.3 Å². The number of nitrogens with one attached hydrogen (secondary N) is 2. The number of aliphatic carboxylic acids is 1. The van der Waals surface area contributed by atoms with Crippen molar-refractivity contribution < 1.29 is 24.2 Å². The fraction of sp³-hybridized carbons (Fsp3) is 0.750. The second-order valence-electron chi connectivity index (χ2n) is 4.94. The molecule has 1 unspecified atom stereocenters. The van der Waals surface area contributed by atoms with Gasteiger partial charge in [-0.1, -0.05) is 0 Å². The summed E-state index contributed by atoms with van der Waals surface area (Å²) in [5.41, 5.74) is 0. The zero-order valence-electron chi connectivity index (χ0n) is 11.7. The van der Waals surface area contributed by atoms with Crippen LogP contribution in [0.4, 0.5) is 4.79 Å². The number of ether oxygens (including phenoxy) is 1. The molecule has 3 N–H and O–H groups in total. The summed E-state index contributed by atoms with van der Waals surface area (Å²) in [7, 11) is 3.18. The monoisotopic (exact) mass is 287 g/mol. The van der Waals surface area contributed by atoms with Gasteiger partial charge >= 0.3 is 18.0 Å². The van der Waals surface area contributed by atoms with Gasteiger partial charge in [-0.2, -0.15) is 0 Å². The Kier molecular flexibility index (Phi) is 6.23. The second-order valence-corrected chi connectivity index (χ2v) is 4.94. The molecule has 8 heteroatoms. The Bertz CT molecular complexity index is 374. The lowest BCUT2D eigenvalue weighted by Crippen LogP contribution is -2.48. The molecule has 0 spiro atoms. The molecular weight excluding hydrogens is 266 g/mol. The number of carbonyl (C=O) groups excluding carboxylic acids is 2. The molecule has 8 nitrogen and oxygen atoms in total. The third-order valence-corrected chi connectivity index (χ3v) is 3.24. The average molecular weight is 287 g/mol. The average Bonchev–Trinajstić information content (AvgIpc) is 2.81. The minimum Gasteiger partial charge on any atom is -0.480 e. The first kappa shape index (κ1) is 16.2. The topological polar surface area (TPSA) is 108 Å². The lowest BCUT2D eigenvalue weighted by atomic mass is 10.1. The van der Waals surface area contributed by atoms with Gasteiger partial charge in [0.15, 0.2) is 0 Å². The maximum absolute atomic E-state index is 11.6. The van der Waals surface area contributed by atoms with Crippen molar-refractivity contribution in [2.45, 2.75) is 18.9 Å². The molecule has 1 aliphatic rings. The Morgan fingerprint density at radius 1 is 1.45 bits per heavy atom. The van der Waals surface area contributed by atoms with E-state index in [-0.39, 0.29) is 0 Å². The predicted octanol–water partition coefficient (Wildman–Crippen LogP) is -0.746. The van der Waals surface area contributed by atoms with Crippen LogP contribution in [0, 0.1) is 5.92 Å². The van der Waals surface area contributed by atoms with Crippen molar-refractivity contribution in [2.24, 2.45) is 5.92 Å². The number of urea groups is 1. The quantitative estimate of drug-likeness (QED) is 0.555. The molecule has 0 aromatic carbocycles. The number of carbonyl (C=O) groups is 3. The minimum atomic E-state index is -1.28. The molecule has 114 valence electrons. The molecule has 0 saturated carbocycles. The minimum absolute atomic E-state index is 0.370. The van der Waals surface area contributed by atoms with E-state index in [9.17, 15) is 14.4 Å². The maximum Gasteiger partial charge on any atom is 0.326 e. The van der Waals surface area contributed by atoms with E-state index < -0.39 is 30.4 Å². The summed E-state index contributed by atoms with van der Waals surface area (Å²) in [5, 5.41) is 13.8. The lowest BCUT2D eigenvalue weighted by Gasteiger charge is -2.16. The highest BCUT2D eigenvalue weighted by molar-refractivity contribution is 5.86. The number of carboxylic acid groups (broad SMARTS) is 1. The zero-order chi connectivity index (χ0) is 15.1. The van der Waals surface area contributed by atoms with Gasteiger partial charge in [-0.25, -0.2) is 9.59 Å². The summed E-state index contributed by atoms with van der Waals surface area (Å²) in [5.74, 6) is -1.59. The van der Waals surface area contributed by atoms with Crippen LogP contribution in [0.5, 0.6) is 0 Å². The van der Waals surface area contributed by atoms with Crippen LogP contribution in [0.1, 0.15) is 12.8 Å². The van der Waals surface area contributed by atoms with E-state index in [2.05, 4.69) is 20.3 Å². The first-order chi connectivity index (χ1) is 9.42. The standard InChI is InChI=1S/C12H21N3O5/c1-15-4-3-8(7-15)6-13-12(19)14-9(11(17)18)5-10(16)20-2/h8-9H,3-7H2,1-2H3,(H,17,18)(H2,13,14,19)/t8?,9-/m0/s1. The number of amides is 2. The Hall–Kier alpha value is -1.83. The molecule has 1 saturated heterocycles. The number of nitrogens with zero attached hydrogens (tertiary/aromatic N) is 1. The predicted molar refractivity (Wildman–Crippen MR) is 70.2 cm³/mol. The number of esters is 1. The SMILES string of the molecule is COC(=O)C[C@H](NC(=O)NCC1CCN(C)C1)C(=O)O. The molecule has 1 fully saturated rings. The number of hydrogen-bond acceptors (Lipinski definition) is 5. The first-order valence-electron chi connectivity index (χ1n) is 6.45. The van der Waals surface area contributed by atoms with E-state index in [1.807, 2.05) is 7.05 Å². The van der Waals surface area contributed by atoms with Crippen LogP contribution in [0.15, 0.2) is 0 Å². The number of methoxy groups -OCH3 is 1. The number of likely N-dealkylation sites (tertiary alicyclic amines) is 1. The molecule has 20 heavy (non-hydrogen) atoms. The van der Waals surface area contributed by atoms with Gasteiger partial charge in [0, 0.05) is 13.1 Å². The first-order valence-corrected chi connectivity index (χ1v) is 6.45. The van der Waals surface area contributed by atoms with Crippen LogP contribution in [0.3, 0.4) is 0 Å². The largest absolute Gasteiger partial charge is 0.480 e. The molecular formula is C12H21N3O5. The van der Waals surface area contributed by atoms with Gasteiger partial charge in [-0.3, -0.25) is 4.79 Å². The van der Waals surface area contributed by atoms with Crippen molar-refractivity contribution in [3.05, 3.63) is 0 Å². The molecule has 1 aliphatic heterocycles. The summed E-state index contributed by atoms with van der Waals surface area (Å²) in [4.78, 5) is 35.8. The van der Waals surface area contributed by atoms with Crippen LogP contribution < -0.4 is 10.6 Å². The van der Waals surface area contributed by atoms with Gasteiger partial charge in [-0.15, -0.1) is 0 Å². The van der Waals surface area contributed by atoms with Crippen molar-refractivity contribution in [3.63, 3.8) is 0 Å². The van der Waals surface area contributed by atoms with Crippen molar-refractivity contribution in [1.82, 2.24) is 15.5 Å². The number of hydrogen-bond donors (Lipinski definition) is 3. The molecule has 0 aliphatic carbocycles. The van der Waals surface area contributed by atoms with Crippen LogP contribution >= 0.6 is 0 Å². The smallest absolute Gasteiger partial charge is 0.326 e. The lowest BCUT2D eigenvalue weighted by molar-refractivity contribution is -0.147. The van der Waals surface area contributed by atoms with Gasteiger partial charge in [0.25, 0.3) is 0 Å². The fourth-order valence-corrected chi connectivity index (χ4v) is 2.09. The van der Waals surface area contributed by atoms with Gasteiger partial charge in [0.05, 0.1) is 13.5 Å². The van der Waals surface area contributed by atoms with Gasteiger partial charge in [0.1, 0.15) is 6.04 Å². The molecule has 1 heterocycles. The van der Waals surface area contributed by atoms with Crippen LogP contribution in [-0.4, -0.2) is 67.8 Å². The molecule has 2 amide bonds. The number of rotatable bonds is 6. The Labute approximate surface area is 117 Å². The van der Waals surface area contributed by atoms with Crippen molar-refractivity contribution in [2.75, 3.05) is 33.8 Å². The van der Waals surface area contributed by atoms with Crippen LogP contribution in [0.2, 0.25) is 0 Å². The Balaban J connectivity index is 2.34. The van der Waals surface area contributed by atoms with Crippen molar-refractivity contribution in [1.29, 1.82) is 0 Å². The molecule has 2 atom stereocenters. The van der Waals surface area contributed by atoms with E-state index in [1.54, 1.807) is 0 Å². The Morgan fingerprint density at radius 2 is 2.15 bits per heavy atom. The zero-order valence-corrected chi connectivity index (χ0v) is 11.7. The summed E-state index contributed by atoms with van der Waals surface area (Å²) < 4.78 is 4.39. The second kappa shape index (κ2) is 7.68. The van der Waals surface area contributed by atoms with E-state index in [4.69, 9.17) is 5.11 Å². The fourth-order valence-electron chi connectivity index (χ4n) is 2.09. The third kappa shape index (κ3) is 5.43. The van der Waals surface area contributed by atoms with E-state index >= 15 is 0 Å². The molecule has 0 aromatic rings. The van der Waals surface area contributed by atoms with Crippen molar-refractivity contribution in [3.8, 4) is 0 Å². The van der Waals surface area contributed by atoms with Gasteiger partial charge < -0.3 is 25.4 Å². The molecule has 0 bridgehead atoms. The highest BCUT2D eigenvalue weighted by Crippen LogP contribution is 2.12. The van der Waals surface area contributed by atoms with Crippen LogP contribution in [0.25, 0.3) is 0 Å². The number of carboxylic acids is 1. The summed E-state index contributed by atoms with van der Waals surface area (Å²) in [6.07, 6.45) is 0.604. The maximum atomic E-state index is 11.6. The molecule has 0 aromatic heterocycles. The highest BCUT2D eigenvalue weighted by atomic mass is 16.5. The highest BCUT2D eigenvalue weighted by Gasteiger charge is 2.25. The van der Waals surface area contributed by atoms with E-state index in [0.29, 0.717) is 12.5 Å². The summed E-state index contributed by atoms with van der Waals surface area (Å²) in [6.45, 7) is 2.39. The third-order valence-electron chi connectivity index (χ3n) is 3.24. The van der Waals surface area contributed by atoms with Crippen molar-refractivity contribution >= 4 is 18.0 Å².